The predicted octanol–water partition coefficient (Wildman–Crippen LogP) is 5.21. The molecule has 2 atom stereocenters. The molecule has 0 spiro atoms. The molecule has 0 saturated heterocycles. The van der Waals surface area contributed by atoms with Gasteiger partial charge in [0.2, 0.25) is 5.78 Å². The van der Waals surface area contributed by atoms with Crippen LogP contribution in [0.1, 0.15) is 99.9 Å². The van der Waals surface area contributed by atoms with Crippen molar-refractivity contribution < 1.29 is 29.4 Å². The molecule has 0 fully saturated rings. The Balaban J connectivity index is 1.86. The quantitative estimate of drug-likeness (QED) is 0.139. The van der Waals surface area contributed by atoms with Gasteiger partial charge < -0.3 is 21.3 Å². The van der Waals surface area contributed by atoms with Crippen molar-refractivity contribution in [3.63, 3.8) is 0 Å². The van der Waals surface area contributed by atoms with Gasteiger partial charge in [-0.05, 0) is 43.4 Å². The van der Waals surface area contributed by atoms with Crippen molar-refractivity contribution >= 4 is 23.6 Å². The Bertz CT molecular complexity index is 1030. The second-order valence-corrected chi connectivity index (χ2v) is 10.6. The summed E-state index contributed by atoms with van der Waals surface area (Å²) in [7, 11) is 0. The smallest absolute Gasteiger partial charge is 0.373 e. The SMILES string of the molecule is CCCCCCCCCCCCNC(=O)c1ccc(CC2(C(=O)C(=O)O)C=CC=C(C[C@H](N)C(=O)O)C2)cc1. The molecule has 214 valence electrons. The van der Waals surface area contributed by atoms with E-state index in [0.717, 1.165) is 12.8 Å². The number of rotatable bonds is 19. The standard InChI is InChI=1S/C31H44N2O6/c1-2-3-4-5-6-7-8-9-10-11-19-33-28(35)25-16-14-23(15-17-25)21-31(27(34)30(38)39)18-12-13-24(22-31)20-26(32)29(36)37/h12-18,26H,2-11,19-22,32H2,1H3,(H,33,35)(H,36,37)(H,38,39)/t26-,31?/m0/s1. The molecule has 1 aromatic rings. The topological polar surface area (TPSA) is 147 Å². The zero-order valence-electron chi connectivity index (χ0n) is 23.1. The van der Waals surface area contributed by atoms with E-state index in [9.17, 15) is 24.3 Å². The minimum Gasteiger partial charge on any atom is -0.480 e. The summed E-state index contributed by atoms with van der Waals surface area (Å²) in [4.78, 5) is 48.1. The maximum Gasteiger partial charge on any atom is 0.373 e. The fourth-order valence-corrected chi connectivity index (χ4v) is 5.03. The normalized spacial score (nSPS) is 17.3. The molecule has 0 bridgehead atoms. The van der Waals surface area contributed by atoms with Crippen molar-refractivity contribution in [3.05, 3.63) is 59.2 Å². The van der Waals surface area contributed by atoms with E-state index in [0.29, 0.717) is 23.2 Å². The Hall–Kier alpha value is -3.26. The highest BCUT2D eigenvalue weighted by Crippen LogP contribution is 2.38. The van der Waals surface area contributed by atoms with Gasteiger partial charge in [0.05, 0.1) is 5.41 Å². The van der Waals surface area contributed by atoms with Crippen LogP contribution in [-0.4, -0.2) is 46.4 Å². The van der Waals surface area contributed by atoms with Crippen LogP contribution in [-0.2, 0) is 20.8 Å². The molecular weight excluding hydrogens is 496 g/mol. The lowest BCUT2D eigenvalue weighted by Gasteiger charge is -2.31. The monoisotopic (exact) mass is 540 g/mol. The average Bonchev–Trinajstić information content (AvgIpc) is 2.91. The highest BCUT2D eigenvalue weighted by molar-refractivity contribution is 6.35. The molecule has 1 amide bonds. The van der Waals surface area contributed by atoms with Gasteiger partial charge >= 0.3 is 11.9 Å². The van der Waals surface area contributed by atoms with E-state index in [1.54, 1.807) is 42.5 Å². The van der Waals surface area contributed by atoms with E-state index < -0.39 is 29.2 Å². The molecule has 8 heteroatoms. The van der Waals surface area contributed by atoms with Gasteiger partial charge in [0.25, 0.3) is 5.91 Å². The molecule has 1 aromatic carbocycles. The van der Waals surface area contributed by atoms with E-state index in [4.69, 9.17) is 10.8 Å². The fraction of sp³-hybridized carbons (Fsp3) is 0.548. The summed E-state index contributed by atoms with van der Waals surface area (Å²) >= 11 is 0. The van der Waals surface area contributed by atoms with Gasteiger partial charge in [-0.1, -0.05) is 101 Å². The Labute approximate surface area is 231 Å². The summed E-state index contributed by atoms with van der Waals surface area (Å²) in [5, 5.41) is 21.6. The first-order chi connectivity index (χ1) is 18.7. The second kappa shape index (κ2) is 16.6. The minimum absolute atomic E-state index is 0.0203. The van der Waals surface area contributed by atoms with Crippen LogP contribution in [0.2, 0.25) is 0 Å². The van der Waals surface area contributed by atoms with Gasteiger partial charge in [0.1, 0.15) is 6.04 Å². The Morgan fingerprint density at radius 3 is 2.08 bits per heavy atom. The number of hydrogen-bond donors (Lipinski definition) is 4. The van der Waals surface area contributed by atoms with E-state index in [1.165, 1.54) is 51.4 Å². The third kappa shape index (κ3) is 10.8. The summed E-state index contributed by atoms with van der Waals surface area (Å²) in [5.74, 6) is -3.85. The molecular formula is C31H44N2O6. The molecule has 0 aliphatic heterocycles. The number of unbranched alkanes of at least 4 members (excludes halogenated alkanes) is 9. The van der Waals surface area contributed by atoms with E-state index >= 15 is 0 Å². The van der Waals surface area contributed by atoms with E-state index in [-0.39, 0.29) is 25.2 Å². The summed E-state index contributed by atoms with van der Waals surface area (Å²) in [6.07, 6.45) is 17.3. The van der Waals surface area contributed by atoms with Crippen molar-refractivity contribution in [1.82, 2.24) is 5.32 Å². The van der Waals surface area contributed by atoms with Crippen molar-refractivity contribution in [2.24, 2.45) is 11.1 Å². The summed E-state index contributed by atoms with van der Waals surface area (Å²) < 4.78 is 0. The molecule has 5 N–H and O–H groups in total. The maximum absolute atomic E-state index is 12.8. The second-order valence-electron chi connectivity index (χ2n) is 10.6. The highest BCUT2D eigenvalue weighted by Gasteiger charge is 2.42. The van der Waals surface area contributed by atoms with Crippen molar-refractivity contribution in [1.29, 1.82) is 0 Å². The largest absolute Gasteiger partial charge is 0.480 e. The number of carbonyl (C=O) groups is 4. The number of Topliss-reactive ketones (excluding diaryl/α,β-unsaturated/α-hetero) is 1. The highest BCUT2D eigenvalue weighted by atomic mass is 16.4. The van der Waals surface area contributed by atoms with Crippen LogP contribution in [0.4, 0.5) is 0 Å². The molecule has 8 nitrogen and oxygen atoms in total. The van der Waals surface area contributed by atoms with Crippen molar-refractivity contribution in [2.75, 3.05) is 6.54 Å². The Morgan fingerprint density at radius 1 is 0.923 bits per heavy atom. The van der Waals surface area contributed by atoms with Gasteiger partial charge in [0.15, 0.2) is 0 Å². The lowest BCUT2D eigenvalue weighted by atomic mass is 9.70. The molecule has 0 saturated carbocycles. The van der Waals surface area contributed by atoms with Gasteiger partial charge in [-0.3, -0.25) is 14.4 Å². The third-order valence-electron chi connectivity index (χ3n) is 7.29. The number of carboxylic acids is 2. The van der Waals surface area contributed by atoms with E-state index in [2.05, 4.69) is 12.2 Å². The number of nitrogens with one attached hydrogen (secondary N) is 1. The number of amides is 1. The molecule has 0 aromatic heterocycles. The number of ketones is 1. The van der Waals surface area contributed by atoms with Crippen LogP contribution in [0, 0.1) is 5.41 Å². The molecule has 2 rings (SSSR count). The average molecular weight is 541 g/mol. The van der Waals surface area contributed by atoms with Gasteiger partial charge in [-0.2, -0.15) is 0 Å². The van der Waals surface area contributed by atoms with Crippen molar-refractivity contribution in [3.8, 4) is 0 Å². The number of aliphatic carboxylic acids is 2. The van der Waals surface area contributed by atoms with Crippen LogP contribution in [0.5, 0.6) is 0 Å². The number of hydrogen-bond acceptors (Lipinski definition) is 5. The minimum atomic E-state index is -1.55. The van der Waals surface area contributed by atoms with Crippen LogP contribution < -0.4 is 11.1 Å². The van der Waals surface area contributed by atoms with Gasteiger partial charge in [-0.15, -0.1) is 0 Å². The first kappa shape index (κ1) is 32.0. The Morgan fingerprint density at radius 2 is 1.51 bits per heavy atom. The molecule has 0 heterocycles. The number of carboxylic acid groups (broad SMARTS) is 2. The first-order valence-corrected chi connectivity index (χ1v) is 14.2. The first-order valence-electron chi connectivity index (χ1n) is 14.2. The summed E-state index contributed by atoms with van der Waals surface area (Å²) in [6, 6.07) is 5.65. The molecule has 1 aliphatic rings. The summed E-state index contributed by atoms with van der Waals surface area (Å²) in [6.45, 7) is 2.84. The Kier molecular flexibility index (Phi) is 13.6. The number of carbonyl (C=O) groups excluding carboxylic acids is 2. The van der Waals surface area contributed by atoms with Crippen LogP contribution in [0.15, 0.2) is 48.1 Å². The maximum atomic E-state index is 12.8. The zero-order valence-corrected chi connectivity index (χ0v) is 23.1. The number of benzene rings is 1. The molecule has 0 radical (unpaired) electrons. The molecule has 1 unspecified atom stereocenters. The lowest BCUT2D eigenvalue weighted by Crippen LogP contribution is -2.39. The number of allylic oxidation sites excluding steroid dienone is 3. The van der Waals surface area contributed by atoms with Crippen molar-refractivity contribution in [2.45, 2.75) is 96.4 Å². The van der Waals surface area contributed by atoms with Crippen LogP contribution in [0.3, 0.4) is 0 Å². The fourth-order valence-electron chi connectivity index (χ4n) is 5.03. The zero-order chi connectivity index (χ0) is 28.7. The summed E-state index contributed by atoms with van der Waals surface area (Å²) in [5.41, 5.74) is 6.10. The predicted molar refractivity (Wildman–Crippen MR) is 151 cm³/mol. The van der Waals surface area contributed by atoms with Gasteiger partial charge in [-0.25, -0.2) is 4.79 Å². The van der Waals surface area contributed by atoms with Gasteiger partial charge in [0, 0.05) is 12.1 Å². The third-order valence-corrected chi connectivity index (χ3v) is 7.29. The van der Waals surface area contributed by atoms with E-state index in [1.807, 2.05) is 0 Å². The number of nitrogens with two attached hydrogens (primary N) is 1. The van der Waals surface area contributed by atoms with Crippen LogP contribution >= 0.6 is 0 Å². The lowest BCUT2D eigenvalue weighted by molar-refractivity contribution is -0.153. The molecule has 39 heavy (non-hydrogen) atoms. The van der Waals surface area contributed by atoms with Crippen LogP contribution in [0.25, 0.3) is 0 Å². The molecule has 1 aliphatic carbocycles.